The van der Waals surface area contributed by atoms with E-state index in [4.69, 9.17) is 16.3 Å². The SMILES string of the molecule is O=C(Cl)C1C=COC1. The molecule has 0 radical (unpaired) electrons. The molecule has 1 heterocycles. The van der Waals surface area contributed by atoms with Crippen LogP contribution in [0.5, 0.6) is 0 Å². The van der Waals surface area contributed by atoms with Gasteiger partial charge in [0, 0.05) is 0 Å². The third-order valence-corrected chi connectivity index (χ3v) is 1.25. The number of carbonyl (C=O) groups is 1. The second kappa shape index (κ2) is 2.18. The van der Waals surface area contributed by atoms with Crippen LogP contribution in [0.15, 0.2) is 12.3 Å². The van der Waals surface area contributed by atoms with Crippen molar-refractivity contribution < 1.29 is 9.53 Å². The molecular formula is C5H5ClO2. The molecule has 2 nitrogen and oxygen atoms in total. The number of hydrogen-bond acceptors (Lipinski definition) is 2. The Labute approximate surface area is 52.1 Å². The summed E-state index contributed by atoms with van der Waals surface area (Å²) in [6, 6.07) is 0. The van der Waals surface area contributed by atoms with Crippen LogP contribution in [0.1, 0.15) is 0 Å². The van der Waals surface area contributed by atoms with E-state index in [0.29, 0.717) is 6.61 Å². The molecule has 0 bridgehead atoms. The van der Waals surface area contributed by atoms with Crippen molar-refractivity contribution in [2.75, 3.05) is 6.61 Å². The van der Waals surface area contributed by atoms with Gasteiger partial charge in [-0.25, -0.2) is 0 Å². The zero-order chi connectivity index (χ0) is 5.98. The smallest absolute Gasteiger partial charge is 0.232 e. The Morgan fingerprint density at radius 2 is 2.62 bits per heavy atom. The molecule has 1 atom stereocenters. The molecule has 0 aliphatic carbocycles. The summed E-state index contributed by atoms with van der Waals surface area (Å²) in [6.45, 7) is 0.405. The average molecular weight is 133 g/mol. The number of rotatable bonds is 1. The lowest BCUT2D eigenvalue weighted by atomic mass is 10.2. The minimum atomic E-state index is -0.348. The van der Waals surface area contributed by atoms with Gasteiger partial charge in [0.1, 0.15) is 6.61 Å². The zero-order valence-electron chi connectivity index (χ0n) is 4.13. The Balaban J connectivity index is 2.48. The lowest BCUT2D eigenvalue weighted by Gasteiger charge is -1.94. The molecule has 8 heavy (non-hydrogen) atoms. The standard InChI is InChI=1S/C5H5ClO2/c6-5(7)4-1-2-8-3-4/h1-2,4H,3H2. The third-order valence-electron chi connectivity index (χ3n) is 0.974. The van der Waals surface area contributed by atoms with Gasteiger partial charge in [0.05, 0.1) is 12.2 Å². The Kier molecular flexibility index (Phi) is 1.53. The van der Waals surface area contributed by atoms with E-state index in [0.717, 1.165) is 0 Å². The first kappa shape index (κ1) is 5.63. The van der Waals surface area contributed by atoms with Crippen LogP contribution in [-0.2, 0) is 9.53 Å². The van der Waals surface area contributed by atoms with Crippen molar-refractivity contribution in [1.82, 2.24) is 0 Å². The maximum absolute atomic E-state index is 10.3. The van der Waals surface area contributed by atoms with Crippen LogP contribution in [0.3, 0.4) is 0 Å². The molecule has 3 heteroatoms. The van der Waals surface area contributed by atoms with Gasteiger partial charge in [-0.2, -0.15) is 0 Å². The Morgan fingerprint density at radius 1 is 1.88 bits per heavy atom. The molecule has 0 amide bonds. The van der Waals surface area contributed by atoms with Crippen LogP contribution in [0, 0.1) is 5.92 Å². The highest BCUT2D eigenvalue weighted by molar-refractivity contribution is 6.64. The van der Waals surface area contributed by atoms with Crippen molar-refractivity contribution in [2.24, 2.45) is 5.92 Å². The molecule has 1 aliphatic heterocycles. The Morgan fingerprint density at radius 3 is 2.88 bits per heavy atom. The van der Waals surface area contributed by atoms with Gasteiger partial charge in [0.25, 0.3) is 0 Å². The van der Waals surface area contributed by atoms with Crippen molar-refractivity contribution in [2.45, 2.75) is 0 Å². The topological polar surface area (TPSA) is 26.3 Å². The highest BCUT2D eigenvalue weighted by atomic mass is 35.5. The second-order valence-corrected chi connectivity index (χ2v) is 1.94. The molecule has 44 valence electrons. The van der Waals surface area contributed by atoms with Crippen molar-refractivity contribution >= 4 is 16.8 Å². The van der Waals surface area contributed by atoms with E-state index in [1.165, 1.54) is 6.26 Å². The first-order chi connectivity index (χ1) is 3.80. The van der Waals surface area contributed by atoms with Crippen LogP contribution < -0.4 is 0 Å². The van der Waals surface area contributed by atoms with Crippen molar-refractivity contribution in [3.63, 3.8) is 0 Å². The minimum Gasteiger partial charge on any atom is -0.500 e. The van der Waals surface area contributed by atoms with E-state index in [1.807, 2.05) is 0 Å². The van der Waals surface area contributed by atoms with Crippen LogP contribution in [0.4, 0.5) is 0 Å². The highest BCUT2D eigenvalue weighted by Crippen LogP contribution is 2.10. The predicted octanol–water partition coefficient (Wildman–Crippen LogP) is 0.912. The second-order valence-electron chi connectivity index (χ2n) is 1.57. The normalized spacial score (nSPS) is 25.4. The molecule has 1 unspecified atom stereocenters. The first-order valence-electron chi connectivity index (χ1n) is 2.28. The Bertz CT molecular complexity index is 130. The summed E-state index contributed by atoms with van der Waals surface area (Å²) in [5.41, 5.74) is 0. The van der Waals surface area contributed by atoms with Crippen molar-refractivity contribution in [3.8, 4) is 0 Å². The lowest BCUT2D eigenvalue weighted by molar-refractivity contribution is -0.114. The quantitative estimate of drug-likeness (QED) is 0.496. The summed E-state index contributed by atoms with van der Waals surface area (Å²) < 4.78 is 4.73. The van der Waals surface area contributed by atoms with E-state index in [2.05, 4.69) is 0 Å². The maximum atomic E-state index is 10.3. The van der Waals surface area contributed by atoms with E-state index >= 15 is 0 Å². The van der Waals surface area contributed by atoms with E-state index in [1.54, 1.807) is 6.08 Å². The van der Waals surface area contributed by atoms with Gasteiger partial charge in [0.15, 0.2) is 0 Å². The number of carbonyl (C=O) groups excluding carboxylic acids is 1. The van der Waals surface area contributed by atoms with Crippen LogP contribution in [-0.4, -0.2) is 11.8 Å². The molecule has 0 aromatic rings. The first-order valence-corrected chi connectivity index (χ1v) is 2.66. The molecule has 0 saturated carbocycles. The lowest BCUT2D eigenvalue weighted by Crippen LogP contribution is -2.06. The summed E-state index contributed by atoms with van der Waals surface area (Å²) in [7, 11) is 0. The fourth-order valence-corrected chi connectivity index (χ4v) is 0.642. The summed E-state index contributed by atoms with van der Waals surface area (Å²) in [5, 5.41) is -0.348. The van der Waals surface area contributed by atoms with Gasteiger partial charge in [-0.1, -0.05) is 0 Å². The Hall–Kier alpha value is -0.500. The minimum absolute atomic E-state index is 0.211. The summed E-state index contributed by atoms with van der Waals surface area (Å²) >= 11 is 5.11. The fraction of sp³-hybridized carbons (Fsp3) is 0.400. The molecule has 0 spiro atoms. The van der Waals surface area contributed by atoms with Gasteiger partial charge in [-0.3, -0.25) is 4.79 Å². The van der Waals surface area contributed by atoms with Gasteiger partial charge >= 0.3 is 0 Å². The fourth-order valence-electron chi connectivity index (χ4n) is 0.506. The molecule has 0 aromatic carbocycles. The molecule has 0 saturated heterocycles. The van der Waals surface area contributed by atoms with Gasteiger partial charge < -0.3 is 4.74 Å². The zero-order valence-corrected chi connectivity index (χ0v) is 4.89. The molecule has 1 rings (SSSR count). The average Bonchev–Trinajstić information content (AvgIpc) is 2.12. The predicted molar refractivity (Wildman–Crippen MR) is 29.4 cm³/mol. The largest absolute Gasteiger partial charge is 0.500 e. The van der Waals surface area contributed by atoms with E-state index in [9.17, 15) is 4.79 Å². The molecule has 0 N–H and O–H groups in total. The van der Waals surface area contributed by atoms with Crippen LogP contribution >= 0.6 is 11.6 Å². The summed E-state index contributed by atoms with van der Waals surface area (Å²) in [4.78, 5) is 10.3. The van der Waals surface area contributed by atoms with E-state index in [-0.39, 0.29) is 11.2 Å². The maximum Gasteiger partial charge on any atom is 0.232 e. The number of halogens is 1. The molecule has 0 aromatic heterocycles. The summed E-state index contributed by atoms with van der Waals surface area (Å²) in [6.07, 6.45) is 3.14. The summed E-state index contributed by atoms with van der Waals surface area (Å²) in [5.74, 6) is -0.211. The van der Waals surface area contributed by atoms with Gasteiger partial charge in [0.2, 0.25) is 5.24 Å². The molecule has 0 fully saturated rings. The highest BCUT2D eigenvalue weighted by Gasteiger charge is 2.16. The van der Waals surface area contributed by atoms with Crippen LogP contribution in [0.2, 0.25) is 0 Å². The van der Waals surface area contributed by atoms with Crippen molar-refractivity contribution in [1.29, 1.82) is 0 Å². The van der Waals surface area contributed by atoms with Crippen molar-refractivity contribution in [3.05, 3.63) is 12.3 Å². The molecule has 1 aliphatic rings. The third kappa shape index (κ3) is 1.01. The van der Waals surface area contributed by atoms with Gasteiger partial charge in [-0.05, 0) is 17.7 Å². The van der Waals surface area contributed by atoms with Crippen LogP contribution in [0.25, 0.3) is 0 Å². The van der Waals surface area contributed by atoms with Gasteiger partial charge in [-0.15, -0.1) is 0 Å². The van der Waals surface area contributed by atoms with E-state index < -0.39 is 0 Å². The number of ether oxygens (including phenoxy) is 1. The number of hydrogen-bond donors (Lipinski definition) is 0. The monoisotopic (exact) mass is 132 g/mol. The molecular weight excluding hydrogens is 128 g/mol.